The molecule has 3 atom stereocenters. The van der Waals surface area contributed by atoms with Gasteiger partial charge in [0.25, 0.3) is 0 Å². The fraction of sp³-hybridized carbons (Fsp3) is 0.625. The SMILES string of the molecule is CCNC(CC)C(c1ccccc1)C(C)CC. The standard InChI is InChI=1S/C16H27N/c1-5-13(4)16(15(6-2)17-7-3)14-11-9-8-10-12-14/h8-13,15-17H,5-7H2,1-4H3. The number of nitrogens with one attached hydrogen (secondary N) is 1. The van der Waals surface area contributed by atoms with Crippen molar-refractivity contribution in [3.63, 3.8) is 0 Å². The first-order chi connectivity index (χ1) is 8.24. The largest absolute Gasteiger partial charge is 0.314 e. The van der Waals surface area contributed by atoms with Crippen molar-refractivity contribution in [2.24, 2.45) is 5.92 Å². The molecule has 1 aromatic carbocycles. The summed E-state index contributed by atoms with van der Waals surface area (Å²) < 4.78 is 0. The van der Waals surface area contributed by atoms with Crippen molar-refractivity contribution in [1.82, 2.24) is 5.32 Å². The number of hydrogen-bond donors (Lipinski definition) is 1. The lowest BCUT2D eigenvalue weighted by atomic mass is 9.79. The van der Waals surface area contributed by atoms with Crippen LogP contribution < -0.4 is 5.32 Å². The summed E-state index contributed by atoms with van der Waals surface area (Å²) >= 11 is 0. The molecule has 0 radical (unpaired) electrons. The van der Waals surface area contributed by atoms with E-state index in [1.165, 1.54) is 18.4 Å². The summed E-state index contributed by atoms with van der Waals surface area (Å²) in [6.07, 6.45) is 2.43. The fourth-order valence-corrected chi connectivity index (χ4v) is 2.67. The molecule has 0 spiro atoms. The van der Waals surface area contributed by atoms with E-state index in [4.69, 9.17) is 0 Å². The number of likely N-dealkylation sites (N-methyl/N-ethyl adjacent to an activating group) is 1. The summed E-state index contributed by atoms with van der Waals surface area (Å²) in [5.74, 6) is 1.35. The molecule has 1 aromatic rings. The van der Waals surface area contributed by atoms with Crippen molar-refractivity contribution in [3.8, 4) is 0 Å². The van der Waals surface area contributed by atoms with Crippen LogP contribution in [0, 0.1) is 5.92 Å². The summed E-state index contributed by atoms with van der Waals surface area (Å²) in [6, 6.07) is 11.6. The molecule has 0 saturated carbocycles. The summed E-state index contributed by atoms with van der Waals surface area (Å²) in [7, 11) is 0. The zero-order valence-electron chi connectivity index (χ0n) is 11.7. The van der Waals surface area contributed by atoms with Gasteiger partial charge in [0.05, 0.1) is 0 Å². The van der Waals surface area contributed by atoms with Gasteiger partial charge in [0.1, 0.15) is 0 Å². The molecule has 17 heavy (non-hydrogen) atoms. The van der Waals surface area contributed by atoms with Gasteiger partial charge in [-0.15, -0.1) is 0 Å². The Morgan fingerprint density at radius 3 is 2.12 bits per heavy atom. The highest BCUT2D eigenvalue weighted by Crippen LogP contribution is 2.31. The van der Waals surface area contributed by atoms with Crippen molar-refractivity contribution < 1.29 is 0 Å². The molecule has 0 amide bonds. The Kier molecular flexibility index (Phi) is 6.28. The van der Waals surface area contributed by atoms with E-state index in [9.17, 15) is 0 Å². The van der Waals surface area contributed by atoms with Crippen molar-refractivity contribution in [2.75, 3.05) is 6.54 Å². The van der Waals surface area contributed by atoms with E-state index >= 15 is 0 Å². The van der Waals surface area contributed by atoms with Crippen LogP contribution in [-0.2, 0) is 0 Å². The molecule has 1 N–H and O–H groups in total. The van der Waals surface area contributed by atoms with E-state index in [2.05, 4.69) is 63.3 Å². The van der Waals surface area contributed by atoms with Crippen molar-refractivity contribution >= 4 is 0 Å². The molecule has 1 heteroatoms. The van der Waals surface area contributed by atoms with E-state index in [1.54, 1.807) is 0 Å². The molecule has 0 fully saturated rings. The number of benzene rings is 1. The highest BCUT2D eigenvalue weighted by atomic mass is 14.9. The van der Waals surface area contributed by atoms with Crippen molar-refractivity contribution in [2.45, 2.75) is 52.5 Å². The Labute approximate surface area is 107 Å². The van der Waals surface area contributed by atoms with E-state index in [-0.39, 0.29) is 0 Å². The molecule has 0 bridgehead atoms. The van der Waals surface area contributed by atoms with Gasteiger partial charge in [-0.05, 0) is 24.4 Å². The van der Waals surface area contributed by atoms with Crippen LogP contribution in [0.4, 0.5) is 0 Å². The lowest BCUT2D eigenvalue weighted by molar-refractivity contribution is 0.331. The van der Waals surface area contributed by atoms with Crippen LogP contribution >= 0.6 is 0 Å². The van der Waals surface area contributed by atoms with Gasteiger partial charge in [0, 0.05) is 12.0 Å². The summed E-state index contributed by atoms with van der Waals surface area (Å²) in [5.41, 5.74) is 1.48. The topological polar surface area (TPSA) is 12.0 Å². The third-order valence-corrected chi connectivity index (χ3v) is 3.78. The van der Waals surface area contributed by atoms with Crippen LogP contribution in [0.2, 0.25) is 0 Å². The van der Waals surface area contributed by atoms with Crippen molar-refractivity contribution in [3.05, 3.63) is 35.9 Å². The molecule has 0 aromatic heterocycles. The van der Waals surface area contributed by atoms with E-state index in [0.717, 1.165) is 12.5 Å². The first kappa shape index (κ1) is 14.2. The van der Waals surface area contributed by atoms with E-state index < -0.39 is 0 Å². The van der Waals surface area contributed by atoms with Gasteiger partial charge in [0.2, 0.25) is 0 Å². The van der Waals surface area contributed by atoms with Crippen molar-refractivity contribution in [1.29, 1.82) is 0 Å². The molecular formula is C16H27N. The second-order valence-electron chi connectivity index (χ2n) is 4.89. The van der Waals surface area contributed by atoms with Gasteiger partial charge >= 0.3 is 0 Å². The highest BCUT2D eigenvalue weighted by molar-refractivity contribution is 5.22. The van der Waals surface area contributed by atoms with Gasteiger partial charge in [0.15, 0.2) is 0 Å². The highest BCUT2D eigenvalue weighted by Gasteiger charge is 2.25. The first-order valence-electron chi connectivity index (χ1n) is 7.02. The average molecular weight is 233 g/mol. The lowest BCUT2D eigenvalue weighted by Crippen LogP contribution is -2.37. The van der Waals surface area contributed by atoms with Crippen LogP contribution in [-0.4, -0.2) is 12.6 Å². The molecule has 0 saturated heterocycles. The van der Waals surface area contributed by atoms with Crippen LogP contribution in [0.15, 0.2) is 30.3 Å². The molecule has 0 aliphatic rings. The van der Waals surface area contributed by atoms with Crippen LogP contribution in [0.25, 0.3) is 0 Å². The molecule has 1 rings (SSSR count). The van der Waals surface area contributed by atoms with Gasteiger partial charge in [-0.3, -0.25) is 0 Å². The predicted octanol–water partition coefficient (Wildman–Crippen LogP) is 4.20. The Morgan fingerprint density at radius 1 is 1.00 bits per heavy atom. The lowest BCUT2D eigenvalue weighted by Gasteiger charge is -2.32. The van der Waals surface area contributed by atoms with Gasteiger partial charge < -0.3 is 5.32 Å². The van der Waals surface area contributed by atoms with E-state index in [1.807, 2.05) is 0 Å². The number of hydrogen-bond acceptors (Lipinski definition) is 1. The molecule has 3 unspecified atom stereocenters. The Morgan fingerprint density at radius 2 is 1.65 bits per heavy atom. The van der Waals surface area contributed by atoms with Crippen LogP contribution in [0.1, 0.15) is 52.0 Å². The van der Waals surface area contributed by atoms with Crippen LogP contribution in [0.3, 0.4) is 0 Å². The molecule has 0 heterocycles. The quantitative estimate of drug-likeness (QED) is 0.744. The maximum atomic E-state index is 3.65. The second kappa shape index (κ2) is 7.50. The molecule has 96 valence electrons. The zero-order valence-corrected chi connectivity index (χ0v) is 11.7. The minimum Gasteiger partial charge on any atom is -0.314 e. The van der Waals surface area contributed by atoms with Crippen LogP contribution in [0.5, 0.6) is 0 Å². The summed E-state index contributed by atoms with van der Waals surface area (Å²) in [4.78, 5) is 0. The summed E-state index contributed by atoms with van der Waals surface area (Å²) in [5, 5.41) is 3.65. The minimum atomic E-state index is 0.595. The van der Waals surface area contributed by atoms with Gasteiger partial charge in [-0.1, -0.05) is 64.4 Å². The van der Waals surface area contributed by atoms with Gasteiger partial charge in [-0.25, -0.2) is 0 Å². The molecule has 0 aliphatic carbocycles. The monoisotopic (exact) mass is 233 g/mol. The Hall–Kier alpha value is -0.820. The first-order valence-corrected chi connectivity index (χ1v) is 7.02. The maximum absolute atomic E-state index is 3.65. The third kappa shape index (κ3) is 3.85. The molecule has 0 aliphatic heterocycles. The third-order valence-electron chi connectivity index (χ3n) is 3.78. The Bertz CT molecular complexity index is 294. The van der Waals surface area contributed by atoms with E-state index in [0.29, 0.717) is 12.0 Å². The zero-order chi connectivity index (χ0) is 12.7. The smallest absolute Gasteiger partial charge is 0.0136 e. The maximum Gasteiger partial charge on any atom is 0.0136 e. The summed E-state index contributed by atoms with van der Waals surface area (Å²) in [6.45, 7) is 10.2. The predicted molar refractivity (Wildman–Crippen MR) is 76.4 cm³/mol. The number of rotatable bonds is 7. The fourth-order valence-electron chi connectivity index (χ4n) is 2.67. The molecular weight excluding hydrogens is 206 g/mol. The van der Waals surface area contributed by atoms with Gasteiger partial charge in [-0.2, -0.15) is 0 Å². The molecule has 1 nitrogen and oxygen atoms in total. The average Bonchev–Trinajstić information content (AvgIpc) is 2.39. The Balaban J connectivity index is 2.94. The second-order valence-corrected chi connectivity index (χ2v) is 4.89. The minimum absolute atomic E-state index is 0.595. The normalized spacial score (nSPS) is 16.5.